The molecule has 1 fully saturated rings. The van der Waals surface area contributed by atoms with Gasteiger partial charge in [0.25, 0.3) is 0 Å². The Morgan fingerprint density at radius 3 is 2.68 bits per heavy atom. The van der Waals surface area contributed by atoms with Crippen molar-refractivity contribution in [3.8, 4) is 0 Å². The lowest BCUT2D eigenvalue weighted by Crippen LogP contribution is -2.31. The molecule has 4 heteroatoms. The molecule has 0 saturated carbocycles. The first-order valence-electron chi connectivity index (χ1n) is 6.63. The normalized spacial score (nSPS) is 16.2. The number of nitrogens with one attached hydrogen (secondary N) is 2. The highest BCUT2D eigenvalue weighted by Gasteiger charge is 2.16. The molecule has 0 radical (unpaired) electrons. The van der Waals surface area contributed by atoms with Crippen LogP contribution in [0.5, 0.6) is 0 Å². The molecule has 0 spiro atoms. The highest BCUT2D eigenvalue weighted by Crippen LogP contribution is 2.30. The van der Waals surface area contributed by atoms with Gasteiger partial charge in [0.1, 0.15) is 0 Å². The Bertz CT molecular complexity index is 467. The maximum atomic E-state index is 6.17. The number of hydrogen-bond donors (Lipinski definition) is 2. The van der Waals surface area contributed by atoms with Crippen molar-refractivity contribution >= 4 is 34.7 Å². The van der Waals surface area contributed by atoms with Crippen LogP contribution in [-0.4, -0.2) is 24.6 Å². The van der Waals surface area contributed by atoms with Crippen molar-refractivity contribution < 1.29 is 0 Å². The van der Waals surface area contributed by atoms with Crippen LogP contribution in [0, 0.1) is 6.92 Å². The summed E-state index contributed by atoms with van der Waals surface area (Å²) >= 11 is 8.20. The maximum absolute atomic E-state index is 6.17. The van der Waals surface area contributed by atoms with Gasteiger partial charge in [0.2, 0.25) is 0 Å². The van der Waals surface area contributed by atoms with Gasteiger partial charge >= 0.3 is 0 Å². The quantitative estimate of drug-likeness (QED) is 0.873. The number of rotatable bonds is 4. The van der Waals surface area contributed by atoms with Crippen LogP contribution in [0.4, 0.5) is 5.69 Å². The molecule has 0 aliphatic carbocycles. The Kier molecular flexibility index (Phi) is 5.06. The van der Waals surface area contributed by atoms with Crippen LogP contribution in [0.25, 0.3) is 5.70 Å². The molecule has 2 nitrogen and oxygen atoms in total. The number of hydrogen-bond acceptors (Lipinski definition) is 3. The third kappa shape index (κ3) is 3.61. The first kappa shape index (κ1) is 14.6. The van der Waals surface area contributed by atoms with Gasteiger partial charge in [-0.2, -0.15) is 11.8 Å². The first-order chi connectivity index (χ1) is 9.11. The van der Waals surface area contributed by atoms with E-state index in [0.717, 1.165) is 27.5 Å². The molecule has 1 aromatic carbocycles. The predicted octanol–water partition coefficient (Wildman–Crippen LogP) is 4.15. The van der Waals surface area contributed by atoms with E-state index in [2.05, 4.69) is 24.1 Å². The van der Waals surface area contributed by atoms with Crippen molar-refractivity contribution in [2.24, 2.45) is 0 Å². The van der Waals surface area contributed by atoms with E-state index >= 15 is 0 Å². The van der Waals surface area contributed by atoms with Crippen LogP contribution in [0.1, 0.15) is 24.0 Å². The predicted molar refractivity (Wildman–Crippen MR) is 88.3 cm³/mol. The van der Waals surface area contributed by atoms with Crippen LogP contribution in [0.3, 0.4) is 0 Å². The van der Waals surface area contributed by atoms with Crippen molar-refractivity contribution in [3.05, 3.63) is 34.9 Å². The summed E-state index contributed by atoms with van der Waals surface area (Å²) in [7, 11) is 1.93. The molecule has 1 saturated heterocycles. The van der Waals surface area contributed by atoms with E-state index in [4.69, 9.17) is 11.6 Å². The third-order valence-corrected chi connectivity index (χ3v) is 4.74. The molecule has 0 bridgehead atoms. The van der Waals surface area contributed by atoms with Crippen LogP contribution in [0.2, 0.25) is 5.02 Å². The molecule has 1 aromatic rings. The largest absolute Gasteiger partial charge is 0.387 e. The van der Waals surface area contributed by atoms with E-state index < -0.39 is 0 Å². The maximum Gasteiger partial charge on any atom is 0.0462 e. The minimum absolute atomic E-state index is 0.540. The van der Waals surface area contributed by atoms with E-state index in [0.29, 0.717) is 6.04 Å². The van der Waals surface area contributed by atoms with Gasteiger partial charge in [-0.1, -0.05) is 18.2 Å². The second kappa shape index (κ2) is 6.58. The monoisotopic (exact) mass is 296 g/mol. The number of thioether (sulfide) groups is 1. The van der Waals surface area contributed by atoms with Crippen molar-refractivity contribution in [2.75, 3.05) is 23.9 Å². The summed E-state index contributed by atoms with van der Waals surface area (Å²) in [4.78, 5) is 0. The Morgan fingerprint density at radius 1 is 1.37 bits per heavy atom. The van der Waals surface area contributed by atoms with Gasteiger partial charge in [-0.25, -0.2) is 0 Å². The SMILES string of the molecule is C=C(NC1CCSCC1)c1cc(Cl)cc(C)c1NC. The smallest absolute Gasteiger partial charge is 0.0462 e. The van der Waals surface area contributed by atoms with Crippen LogP contribution < -0.4 is 10.6 Å². The minimum Gasteiger partial charge on any atom is -0.387 e. The second-order valence-electron chi connectivity index (χ2n) is 4.90. The van der Waals surface area contributed by atoms with Crippen LogP contribution in [0.15, 0.2) is 18.7 Å². The minimum atomic E-state index is 0.540. The van der Waals surface area contributed by atoms with Crippen LogP contribution in [-0.2, 0) is 0 Å². The standard InChI is InChI=1S/C15H21ClN2S/c1-10-8-12(16)9-14(15(10)17-3)11(2)18-13-4-6-19-7-5-13/h8-9,13,17-18H,2,4-7H2,1,3H3. The lowest BCUT2D eigenvalue weighted by Gasteiger charge is -2.26. The first-order valence-corrected chi connectivity index (χ1v) is 8.16. The Balaban J connectivity index is 2.17. The summed E-state index contributed by atoms with van der Waals surface area (Å²) in [6, 6.07) is 4.49. The van der Waals surface area contributed by atoms with Gasteiger partial charge in [-0.3, -0.25) is 0 Å². The second-order valence-corrected chi connectivity index (χ2v) is 6.57. The molecule has 0 unspecified atom stereocenters. The summed E-state index contributed by atoms with van der Waals surface area (Å²) in [6.07, 6.45) is 2.41. The summed E-state index contributed by atoms with van der Waals surface area (Å²) in [5.74, 6) is 2.47. The molecule has 0 amide bonds. The summed E-state index contributed by atoms with van der Waals surface area (Å²) in [6.45, 7) is 6.25. The molecular weight excluding hydrogens is 276 g/mol. The summed E-state index contributed by atoms with van der Waals surface area (Å²) in [5.41, 5.74) is 4.29. The van der Waals surface area contributed by atoms with E-state index in [1.165, 1.54) is 24.3 Å². The van der Waals surface area contributed by atoms with E-state index in [1.54, 1.807) is 0 Å². The number of benzene rings is 1. The molecule has 104 valence electrons. The zero-order valence-corrected chi connectivity index (χ0v) is 13.1. The molecule has 0 atom stereocenters. The van der Waals surface area contributed by atoms with Crippen molar-refractivity contribution in [1.29, 1.82) is 0 Å². The number of anilines is 1. The fraction of sp³-hybridized carbons (Fsp3) is 0.467. The van der Waals surface area contributed by atoms with Gasteiger partial charge in [0.05, 0.1) is 0 Å². The fourth-order valence-electron chi connectivity index (χ4n) is 2.48. The zero-order valence-electron chi connectivity index (χ0n) is 11.6. The van der Waals surface area contributed by atoms with Crippen molar-refractivity contribution in [2.45, 2.75) is 25.8 Å². The third-order valence-electron chi connectivity index (χ3n) is 3.48. The van der Waals surface area contributed by atoms with E-state index in [-0.39, 0.29) is 0 Å². The van der Waals surface area contributed by atoms with Crippen LogP contribution >= 0.6 is 23.4 Å². The molecular formula is C15H21ClN2S. The van der Waals surface area contributed by atoms with Gasteiger partial charge in [0.15, 0.2) is 0 Å². The molecule has 19 heavy (non-hydrogen) atoms. The zero-order chi connectivity index (χ0) is 13.8. The van der Waals surface area contributed by atoms with E-state index in [1.807, 2.05) is 30.9 Å². The van der Waals surface area contributed by atoms with Crippen molar-refractivity contribution in [1.82, 2.24) is 5.32 Å². The lowest BCUT2D eigenvalue weighted by atomic mass is 10.0. The highest BCUT2D eigenvalue weighted by atomic mass is 35.5. The summed E-state index contributed by atoms with van der Waals surface area (Å²) < 4.78 is 0. The van der Waals surface area contributed by atoms with Gasteiger partial charge < -0.3 is 10.6 Å². The lowest BCUT2D eigenvalue weighted by molar-refractivity contribution is 0.558. The molecule has 1 aliphatic heterocycles. The van der Waals surface area contributed by atoms with Crippen molar-refractivity contribution in [3.63, 3.8) is 0 Å². The summed E-state index contributed by atoms with van der Waals surface area (Å²) in [5, 5.41) is 7.56. The Hall–Kier alpha value is -0.800. The Labute approximate surface area is 125 Å². The van der Waals surface area contributed by atoms with Gasteiger partial charge in [-0.05, 0) is 49.0 Å². The van der Waals surface area contributed by atoms with E-state index in [9.17, 15) is 0 Å². The molecule has 1 aliphatic rings. The molecule has 2 rings (SSSR count). The average molecular weight is 297 g/mol. The fourth-order valence-corrected chi connectivity index (χ4v) is 3.86. The molecule has 2 N–H and O–H groups in total. The highest BCUT2D eigenvalue weighted by molar-refractivity contribution is 7.99. The Morgan fingerprint density at radius 2 is 2.05 bits per heavy atom. The van der Waals surface area contributed by atoms with Gasteiger partial charge in [0, 0.05) is 35.1 Å². The molecule has 1 heterocycles. The van der Waals surface area contributed by atoms with Gasteiger partial charge in [-0.15, -0.1) is 0 Å². The number of aryl methyl sites for hydroxylation is 1. The topological polar surface area (TPSA) is 24.1 Å². The average Bonchev–Trinajstić information content (AvgIpc) is 2.39. The number of halogens is 1. The molecule has 0 aromatic heterocycles.